The van der Waals surface area contributed by atoms with Crippen molar-refractivity contribution in [2.24, 2.45) is 0 Å². The van der Waals surface area contributed by atoms with Gasteiger partial charge >= 0.3 is 11.9 Å². The number of nitrogens with zero attached hydrogens (tertiary/aromatic N) is 1. The largest absolute Gasteiger partial charge is 0.716 e. The van der Waals surface area contributed by atoms with Crippen LogP contribution in [0.2, 0.25) is 0 Å². The predicted molar refractivity (Wildman–Crippen MR) is 157 cm³/mol. The van der Waals surface area contributed by atoms with E-state index in [0.717, 1.165) is 56.6 Å². The molecule has 0 unspecified atom stereocenters. The van der Waals surface area contributed by atoms with Gasteiger partial charge in [-0.25, -0.2) is 13.2 Å². The summed E-state index contributed by atoms with van der Waals surface area (Å²) >= 11 is 0. The first-order chi connectivity index (χ1) is 20.4. The average Bonchev–Trinajstić information content (AvgIpc) is 2.98. The summed E-state index contributed by atoms with van der Waals surface area (Å²) in [6.07, 6.45) is 2.08. The van der Waals surface area contributed by atoms with Crippen LogP contribution in [0, 0.1) is 6.92 Å². The fraction of sp³-hybridized carbons (Fsp3) is 0.194. The van der Waals surface area contributed by atoms with Crippen molar-refractivity contribution < 1.29 is 50.1 Å². The van der Waals surface area contributed by atoms with E-state index in [-0.39, 0.29) is 5.97 Å². The second-order valence-electron chi connectivity index (χ2n) is 9.29. The normalized spacial score (nSPS) is 11.0. The number of hydrogen-bond donors (Lipinski definition) is 0. The van der Waals surface area contributed by atoms with Crippen molar-refractivity contribution in [3.63, 3.8) is 0 Å². The highest BCUT2D eigenvalue weighted by Crippen LogP contribution is 2.37. The van der Waals surface area contributed by atoms with Gasteiger partial charge in [-0.2, -0.15) is 4.40 Å². The molecule has 0 amide bonds. The lowest BCUT2D eigenvalue weighted by molar-refractivity contribution is -0.516. The number of aromatic nitrogens is 1. The van der Waals surface area contributed by atoms with Gasteiger partial charge in [-0.05, 0) is 52.7 Å². The molecule has 5 rings (SSSR count). The Morgan fingerprint density at radius 3 is 1.91 bits per heavy atom. The molecule has 5 aromatic rings. The molecule has 0 saturated carbocycles. The van der Waals surface area contributed by atoms with E-state index in [1.165, 1.54) is 7.11 Å². The Balaban J connectivity index is 0.000000467. The average molecular weight is 608 g/mol. The topological polar surface area (TPSA) is 142 Å². The first-order valence-corrected chi connectivity index (χ1v) is 14.1. The van der Waals surface area contributed by atoms with E-state index >= 15 is 0 Å². The van der Waals surface area contributed by atoms with E-state index in [2.05, 4.69) is 39.9 Å². The van der Waals surface area contributed by atoms with Gasteiger partial charge in [0.2, 0.25) is 5.52 Å². The number of methoxy groups -OCH3 is 4. The zero-order chi connectivity index (χ0) is 31.5. The van der Waals surface area contributed by atoms with Crippen LogP contribution in [0.25, 0.3) is 38.2 Å². The van der Waals surface area contributed by atoms with Crippen LogP contribution in [0.3, 0.4) is 0 Å². The summed E-state index contributed by atoms with van der Waals surface area (Å²) in [6.45, 7) is 2.93. The van der Waals surface area contributed by atoms with E-state index in [1.807, 2.05) is 30.3 Å². The molecular weight excluding hydrogens is 578 g/mol. The Labute approximate surface area is 248 Å². The summed E-state index contributed by atoms with van der Waals surface area (Å²) in [5.41, 5.74) is 4.55. The van der Waals surface area contributed by atoms with Crippen molar-refractivity contribution in [2.75, 3.05) is 28.4 Å². The lowest BCUT2D eigenvalue weighted by Crippen LogP contribution is -2.25. The number of benzene rings is 3. The molecule has 0 N–H and O–H groups in total. The third kappa shape index (κ3) is 6.60. The first kappa shape index (κ1) is 31.0. The third-order valence-corrected chi connectivity index (χ3v) is 7.18. The van der Waals surface area contributed by atoms with Crippen molar-refractivity contribution in [2.45, 2.75) is 13.8 Å². The maximum Gasteiger partial charge on any atom is 0.337 e. The Morgan fingerprint density at radius 1 is 0.767 bits per heavy atom. The highest BCUT2D eigenvalue weighted by molar-refractivity contribution is 7.81. The maximum atomic E-state index is 11.9. The van der Waals surface area contributed by atoms with Gasteiger partial charge < -0.3 is 27.7 Å². The van der Waals surface area contributed by atoms with Crippen molar-refractivity contribution in [1.82, 2.24) is 0 Å². The van der Waals surface area contributed by atoms with Crippen molar-refractivity contribution in [3.8, 4) is 28.4 Å². The summed E-state index contributed by atoms with van der Waals surface area (Å²) in [5.74, 6) is 0.665. The highest BCUT2D eigenvalue weighted by Gasteiger charge is 2.20. The molecule has 12 heteroatoms. The van der Waals surface area contributed by atoms with Crippen LogP contribution in [-0.2, 0) is 24.1 Å². The Bertz CT molecular complexity index is 1970. The van der Waals surface area contributed by atoms with Gasteiger partial charge in [0.25, 0.3) is 10.4 Å². The van der Waals surface area contributed by atoms with Gasteiger partial charge in [0.15, 0.2) is 23.4 Å². The molecule has 0 saturated heterocycles. The summed E-state index contributed by atoms with van der Waals surface area (Å²) in [6, 6.07) is 19.8. The van der Waals surface area contributed by atoms with Crippen LogP contribution >= 0.6 is 0 Å². The Morgan fingerprint density at radius 2 is 1.37 bits per heavy atom. The molecule has 0 fully saturated rings. The van der Waals surface area contributed by atoms with Gasteiger partial charge in [0, 0.05) is 31.5 Å². The molecule has 0 bridgehead atoms. The second kappa shape index (κ2) is 12.5. The van der Waals surface area contributed by atoms with Gasteiger partial charge in [-0.15, -0.1) is 0 Å². The van der Waals surface area contributed by atoms with Crippen molar-refractivity contribution in [3.05, 3.63) is 78.1 Å². The van der Waals surface area contributed by atoms with Crippen LogP contribution in [-0.4, -0.2) is 53.3 Å². The molecule has 0 atom stereocenters. The van der Waals surface area contributed by atoms with E-state index in [0.29, 0.717) is 17.1 Å². The smallest absolute Gasteiger partial charge is 0.337 e. The molecule has 0 spiro atoms. The minimum atomic E-state index is -4.82. The van der Waals surface area contributed by atoms with Gasteiger partial charge in [-0.3, -0.25) is 4.79 Å². The number of ether oxygens (including phenoxy) is 4. The molecule has 11 nitrogen and oxygen atoms in total. The van der Waals surface area contributed by atoms with Crippen LogP contribution in [0.4, 0.5) is 0 Å². The van der Waals surface area contributed by atoms with Gasteiger partial charge in [-0.1, -0.05) is 12.1 Å². The maximum absolute atomic E-state index is 11.9. The quantitative estimate of drug-likeness (QED) is 0.0675. The molecule has 0 aliphatic heterocycles. The molecule has 224 valence electrons. The van der Waals surface area contributed by atoms with E-state index in [4.69, 9.17) is 18.9 Å². The zero-order valence-electron chi connectivity index (χ0n) is 24.3. The number of aryl methyl sites for hydroxylation is 1. The summed E-state index contributed by atoms with van der Waals surface area (Å²) < 4.78 is 55.4. The zero-order valence-corrected chi connectivity index (χ0v) is 25.1. The fourth-order valence-electron chi connectivity index (χ4n) is 4.81. The Kier molecular flexibility index (Phi) is 9.02. The summed E-state index contributed by atoms with van der Waals surface area (Å²) in [5, 5.41) is 4.30. The van der Waals surface area contributed by atoms with Gasteiger partial charge in [0.05, 0.1) is 44.8 Å². The lowest BCUT2D eigenvalue weighted by atomic mass is 9.98. The number of fused-ring (bicyclic) bond motifs is 4. The highest BCUT2D eigenvalue weighted by atomic mass is 32.3. The molecule has 0 aliphatic carbocycles. The van der Waals surface area contributed by atoms with Crippen molar-refractivity contribution >= 4 is 49.4 Å². The minimum Gasteiger partial charge on any atom is -0.716 e. The predicted octanol–water partition coefficient (Wildman–Crippen LogP) is 4.53. The summed E-state index contributed by atoms with van der Waals surface area (Å²) in [4.78, 5) is 21.5. The Hall–Kier alpha value is -4.94. The summed E-state index contributed by atoms with van der Waals surface area (Å²) in [7, 11) is 1.51. The number of esters is 1. The molecule has 43 heavy (non-hydrogen) atoms. The first-order valence-electron chi connectivity index (χ1n) is 12.8. The molecular formula is C31H29NO10S. The molecule has 0 radical (unpaired) electrons. The fourth-order valence-corrected chi connectivity index (χ4v) is 5.09. The minimum absolute atomic E-state index is 0.362. The van der Waals surface area contributed by atoms with Gasteiger partial charge in [0.1, 0.15) is 5.75 Å². The number of rotatable bonds is 6. The number of carbonyl (C=O) groups excluding carboxylic acids is 2. The molecule has 2 heterocycles. The number of hydrogen-bond acceptors (Lipinski definition) is 10. The van der Waals surface area contributed by atoms with Crippen LogP contribution in [0.1, 0.15) is 23.0 Å². The SMILES string of the molecule is CC(=O)OS(=O)(=O)[O-].COC(=O)c1ccc(-c2cc3c(cc[n+]4c(C)c5cc(OC)c(OC)cc5cc34)cc2OC)cc1. The lowest BCUT2D eigenvalue weighted by Gasteiger charge is -2.13. The molecule has 2 aromatic heterocycles. The monoisotopic (exact) mass is 607 g/mol. The standard InChI is InChI=1S/C29H26NO5.C2H4O5S/c1-17-22-16-28(34-4)27(33-3)14-21(22)12-25-23-15-24(18-6-8-19(9-7-18)29(31)35-5)26(32-2)13-20(23)10-11-30(17)25;1-2(3)7-8(4,5)6/h6-16H,1-5H3;1H3,(H,4,5,6)/q+1;/p-1. The van der Waals surface area contributed by atoms with Crippen molar-refractivity contribution in [1.29, 1.82) is 0 Å². The molecule has 3 aromatic carbocycles. The second-order valence-corrected chi connectivity index (χ2v) is 10.3. The van der Waals surface area contributed by atoms with Crippen LogP contribution in [0.15, 0.2) is 66.9 Å². The molecule has 0 aliphatic rings. The van der Waals surface area contributed by atoms with E-state index in [1.54, 1.807) is 33.5 Å². The van der Waals surface area contributed by atoms with Crippen LogP contribution < -0.4 is 18.6 Å². The van der Waals surface area contributed by atoms with E-state index < -0.39 is 16.4 Å². The number of carbonyl (C=O) groups is 2. The number of pyridine rings is 2. The third-order valence-electron chi connectivity index (χ3n) is 6.75. The van der Waals surface area contributed by atoms with E-state index in [9.17, 15) is 22.6 Å². The van der Waals surface area contributed by atoms with Crippen LogP contribution in [0.5, 0.6) is 17.2 Å².